The second kappa shape index (κ2) is 8.89. The van der Waals surface area contributed by atoms with Crippen molar-refractivity contribution in [1.29, 1.82) is 0 Å². The standard InChI is InChI=1S/C18H31NO/c1-8-10-16(19-17(20)18(5,6)7)13-15(4)12-9-11-14(2)3/h11,13H,8-10,12H2,1-7H3/b15-13-,19-16-. The summed E-state index contributed by atoms with van der Waals surface area (Å²) in [7, 11) is 0. The Morgan fingerprint density at radius 1 is 1.10 bits per heavy atom. The van der Waals surface area contributed by atoms with Gasteiger partial charge in [-0.1, -0.05) is 51.3 Å². The maximum Gasteiger partial charge on any atom is 0.251 e. The number of amides is 1. The molecule has 0 heterocycles. The van der Waals surface area contributed by atoms with E-state index in [0.717, 1.165) is 31.4 Å². The van der Waals surface area contributed by atoms with Crippen LogP contribution in [0.5, 0.6) is 0 Å². The van der Waals surface area contributed by atoms with Crippen molar-refractivity contribution in [2.45, 2.75) is 74.1 Å². The molecule has 0 aromatic rings. The Labute approximate surface area is 125 Å². The molecule has 0 spiro atoms. The minimum Gasteiger partial charge on any atom is -0.272 e. The molecule has 0 rings (SSSR count). The third-order valence-corrected chi connectivity index (χ3v) is 2.90. The first-order valence-electron chi connectivity index (χ1n) is 7.59. The lowest BCUT2D eigenvalue weighted by atomic mass is 9.96. The van der Waals surface area contributed by atoms with E-state index in [0.29, 0.717) is 0 Å². The topological polar surface area (TPSA) is 29.4 Å². The number of carbonyl (C=O) groups excluding carboxylic acids is 1. The van der Waals surface area contributed by atoms with Crippen molar-refractivity contribution in [1.82, 2.24) is 0 Å². The maximum atomic E-state index is 12.0. The van der Waals surface area contributed by atoms with Crippen molar-refractivity contribution < 1.29 is 4.79 Å². The molecular weight excluding hydrogens is 246 g/mol. The molecule has 2 heteroatoms. The van der Waals surface area contributed by atoms with Crippen LogP contribution in [0.2, 0.25) is 0 Å². The third-order valence-electron chi connectivity index (χ3n) is 2.90. The van der Waals surface area contributed by atoms with Gasteiger partial charge in [0.05, 0.1) is 0 Å². The van der Waals surface area contributed by atoms with Crippen LogP contribution in [0.15, 0.2) is 28.3 Å². The molecule has 0 saturated heterocycles. The molecule has 1 amide bonds. The third kappa shape index (κ3) is 8.84. The average molecular weight is 277 g/mol. The SMILES string of the molecule is CCCC(/C=C(/C)CCC=C(C)C)=N/C(=O)C(C)(C)C. The summed E-state index contributed by atoms with van der Waals surface area (Å²) in [5.74, 6) is -0.0331. The van der Waals surface area contributed by atoms with Crippen molar-refractivity contribution in [2.24, 2.45) is 10.4 Å². The van der Waals surface area contributed by atoms with Gasteiger partial charge in [-0.15, -0.1) is 0 Å². The number of aliphatic imine (C=N–C) groups is 1. The second-order valence-electron chi connectivity index (χ2n) is 6.72. The van der Waals surface area contributed by atoms with Gasteiger partial charge in [-0.05, 0) is 46.1 Å². The van der Waals surface area contributed by atoms with E-state index in [-0.39, 0.29) is 5.91 Å². The molecule has 0 bridgehead atoms. The number of carbonyl (C=O) groups is 1. The molecule has 0 fully saturated rings. The number of nitrogens with zero attached hydrogens (tertiary/aromatic N) is 1. The van der Waals surface area contributed by atoms with Crippen LogP contribution in [0.1, 0.15) is 74.1 Å². The Morgan fingerprint density at radius 3 is 2.15 bits per heavy atom. The minimum absolute atomic E-state index is 0.0331. The summed E-state index contributed by atoms with van der Waals surface area (Å²) in [6.07, 6.45) is 8.28. The minimum atomic E-state index is -0.400. The lowest BCUT2D eigenvalue weighted by molar-refractivity contribution is -0.124. The van der Waals surface area contributed by atoms with Gasteiger partial charge in [0, 0.05) is 11.1 Å². The fraction of sp³-hybridized carbons (Fsp3) is 0.667. The predicted molar refractivity (Wildman–Crippen MR) is 89.2 cm³/mol. The van der Waals surface area contributed by atoms with E-state index >= 15 is 0 Å². The first kappa shape index (κ1) is 18.8. The molecule has 0 aromatic carbocycles. The van der Waals surface area contributed by atoms with Gasteiger partial charge in [0.15, 0.2) is 0 Å². The van der Waals surface area contributed by atoms with Crippen LogP contribution in [0.3, 0.4) is 0 Å². The summed E-state index contributed by atoms with van der Waals surface area (Å²) in [5.41, 5.74) is 3.16. The molecule has 0 radical (unpaired) electrons. The molecule has 0 saturated carbocycles. The molecule has 0 aromatic heterocycles. The van der Waals surface area contributed by atoms with E-state index in [9.17, 15) is 4.79 Å². The summed E-state index contributed by atoms with van der Waals surface area (Å²) < 4.78 is 0. The van der Waals surface area contributed by atoms with E-state index in [1.54, 1.807) is 0 Å². The lowest BCUT2D eigenvalue weighted by Crippen LogP contribution is -2.19. The van der Waals surface area contributed by atoms with E-state index < -0.39 is 5.41 Å². The van der Waals surface area contributed by atoms with Gasteiger partial charge in [-0.25, -0.2) is 4.99 Å². The second-order valence-corrected chi connectivity index (χ2v) is 6.72. The van der Waals surface area contributed by atoms with Crippen molar-refractivity contribution in [2.75, 3.05) is 0 Å². The van der Waals surface area contributed by atoms with Crippen LogP contribution < -0.4 is 0 Å². The summed E-state index contributed by atoms with van der Waals surface area (Å²) in [6, 6.07) is 0. The first-order chi connectivity index (χ1) is 9.16. The molecular formula is C18H31NO. The quantitative estimate of drug-likeness (QED) is 0.466. The Morgan fingerprint density at radius 2 is 1.70 bits per heavy atom. The van der Waals surface area contributed by atoms with Crippen molar-refractivity contribution in [3.8, 4) is 0 Å². The molecule has 114 valence electrons. The van der Waals surface area contributed by atoms with Crippen LogP contribution in [0.4, 0.5) is 0 Å². The van der Waals surface area contributed by atoms with Gasteiger partial charge in [-0.3, -0.25) is 4.79 Å². The molecule has 0 N–H and O–H groups in total. The van der Waals surface area contributed by atoms with E-state index in [4.69, 9.17) is 0 Å². The highest BCUT2D eigenvalue weighted by atomic mass is 16.1. The van der Waals surface area contributed by atoms with Gasteiger partial charge in [0.1, 0.15) is 0 Å². The first-order valence-corrected chi connectivity index (χ1v) is 7.59. The Balaban J connectivity index is 4.88. The van der Waals surface area contributed by atoms with Gasteiger partial charge >= 0.3 is 0 Å². The van der Waals surface area contributed by atoms with Crippen molar-refractivity contribution in [3.05, 3.63) is 23.3 Å². The highest BCUT2D eigenvalue weighted by Crippen LogP contribution is 2.16. The van der Waals surface area contributed by atoms with E-state index in [1.165, 1.54) is 11.1 Å². The highest BCUT2D eigenvalue weighted by molar-refractivity contribution is 6.03. The zero-order valence-electron chi connectivity index (χ0n) is 14.3. The molecule has 0 unspecified atom stereocenters. The van der Waals surface area contributed by atoms with Crippen LogP contribution in [-0.2, 0) is 4.79 Å². The lowest BCUT2D eigenvalue weighted by Gasteiger charge is -2.13. The fourth-order valence-corrected chi connectivity index (χ4v) is 1.66. The van der Waals surface area contributed by atoms with Gasteiger partial charge < -0.3 is 0 Å². The largest absolute Gasteiger partial charge is 0.272 e. The number of hydrogen-bond acceptors (Lipinski definition) is 1. The molecule has 0 aliphatic carbocycles. The Kier molecular flexibility index (Phi) is 8.36. The maximum absolute atomic E-state index is 12.0. The monoisotopic (exact) mass is 277 g/mol. The molecule has 0 atom stereocenters. The number of hydrogen-bond donors (Lipinski definition) is 0. The summed E-state index contributed by atoms with van der Waals surface area (Å²) in [6.45, 7) is 14.2. The van der Waals surface area contributed by atoms with Crippen LogP contribution in [0, 0.1) is 5.41 Å². The molecule has 2 nitrogen and oxygen atoms in total. The summed E-state index contributed by atoms with van der Waals surface area (Å²) in [5, 5.41) is 0. The zero-order chi connectivity index (χ0) is 15.8. The van der Waals surface area contributed by atoms with E-state index in [2.05, 4.69) is 44.8 Å². The Hall–Kier alpha value is -1.18. The normalized spacial score (nSPS) is 13.3. The Bertz CT molecular complexity index is 402. The van der Waals surface area contributed by atoms with E-state index in [1.807, 2.05) is 20.8 Å². The van der Waals surface area contributed by atoms with Gasteiger partial charge in [0.25, 0.3) is 5.91 Å². The predicted octanol–water partition coefficient (Wildman–Crippen LogP) is 5.49. The summed E-state index contributed by atoms with van der Waals surface area (Å²) >= 11 is 0. The van der Waals surface area contributed by atoms with Gasteiger partial charge in [0.2, 0.25) is 0 Å². The molecule has 0 aliphatic heterocycles. The molecule has 20 heavy (non-hydrogen) atoms. The van der Waals surface area contributed by atoms with Crippen LogP contribution in [0.25, 0.3) is 0 Å². The number of rotatable bonds is 6. The average Bonchev–Trinajstić information content (AvgIpc) is 2.27. The van der Waals surface area contributed by atoms with Crippen LogP contribution >= 0.6 is 0 Å². The fourth-order valence-electron chi connectivity index (χ4n) is 1.66. The zero-order valence-corrected chi connectivity index (χ0v) is 14.3. The molecule has 0 aliphatic rings. The van der Waals surface area contributed by atoms with Crippen molar-refractivity contribution in [3.63, 3.8) is 0 Å². The summed E-state index contributed by atoms with van der Waals surface area (Å²) in [4.78, 5) is 16.3. The van der Waals surface area contributed by atoms with Gasteiger partial charge in [-0.2, -0.15) is 0 Å². The van der Waals surface area contributed by atoms with Crippen molar-refractivity contribution >= 4 is 11.6 Å². The van der Waals surface area contributed by atoms with Crippen LogP contribution in [-0.4, -0.2) is 11.6 Å². The number of allylic oxidation sites excluding steroid dienone is 4. The highest BCUT2D eigenvalue weighted by Gasteiger charge is 2.20. The smallest absolute Gasteiger partial charge is 0.251 e.